The first-order valence-electron chi connectivity index (χ1n) is 4.22. The maximum Gasteiger partial charge on any atom is 0.127 e. The molecule has 0 bridgehead atoms. The summed E-state index contributed by atoms with van der Waals surface area (Å²) in [5.41, 5.74) is 0.812. The van der Waals surface area contributed by atoms with E-state index in [0.717, 1.165) is 11.3 Å². The lowest BCUT2D eigenvalue weighted by Crippen LogP contribution is -1.94. The van der Waals surface area contributed by atoms with Crippen molar-refractivity contribution in [1.82, 2.24) is 0 Å². The molecule has 0 aromatic heterocycles. The van der Waals surface area contributed by atoms with Gasteiger partial charge in [0.2, 0.25) is 0 Å². The zero-order valence-corrected chi connectivity index (χ0v) is 7.66. The molecule has 1 heteroatoms. The lowest BCUT2D eigenvalue weighted by Gasteiger charge is -2.05. The van der Waals surface area contributed by atoms with Gasteiger partial charge in [-0.25, -0.2) is 0 Å². The summed E-state index contributed by atoms with van der Waals surface area (Å²) in [4.78, 5) is 0. The van der Waals surface area contributed by atoms with Gasteiger partial charge in [0.05, 0.1) is 0 Å². The van der Waals surface area contributed by atoms with E-state index in [1.165, 1.54) is 6.08 Å². The molecule has 0 atom stereocenters. The number of hydrogen-bond donors (Lipinski definition) is 0. The minimum atomic E-state index is 0.557. The van der Waals surface area contributed by atoms with Gasteiger partial charge in [-0.2, -0.15) is 0 Å². The third-order valence-corrected chi connectivity index (χ3v) is 1.65. The molecule has 1 nitrogen and oxygen atoms in total. The Morgan fingerprint density at radius 1 is 1.38 bits per heavy atom. The van der Waals surface area contributed by atoms with Crippen molar-refractivity contribution >= 4 is 6.08 Å². The summed E-state index contributed by atoms with van der Waals surface area (Å²) in [6, 6.07) is 7.52. The third-order valence-electron chi connectivity index (χ3n) is 1.65. The van der Waals surface area contributed by atoms with Gasteiger partial charge in [-0.15, -0.1) is 0 Å². The molecule has 1 aromatic rings. The molecule has 0 N–H and O–H groups in total. The van der Waals surface area contributed by atoms with E-state index in [1.54, 1.807) is 0 Å². The Hall–Kier alpha value is -1.50. The fraction of sp³-hybridized carbons (Fsp3) is 0.167. The second-order valence-corrected chi connectivity index (χ2v) is 2.56. The van der Waals surface area contributed by atoms with Gasteiger partial charge in [-0.3, -0.25) is 0 Å². The molecule has 0 spiro atoms. The van der Waals surface area contributed by atoms with Crippen LogP contribution in [0.25, 0.3) is 6.08 Å². The van der Waals surface area contributed by atoms with Crippen molar-refractivity contribution in [1.29, 1.82) is 0 Å². The highest BCUT2D eigenvalue weighted by molar-refractivity contribution is 5.54. The van der Waals surface area contributed by atoms with Gasteiger partial charge in [0.1, 0.15) is 12.4 Å². The standard InChI is InChI=1S/C12H12O/c1-3-5-10-13-12-9-7-6-8-11(12)4-2/h3-9H,10H2,1H3/b5-3+. The quantitative estimate of drug-likeness (QED) is 0.634. The van der Waals surface area contributed by atoms with Crippen LogP contribution in [0.4, 0.5) is 0 Å². The molecule has 2 radical (unpaired) electrons. The normalized spacial score (nSPS) is 10.2. The largest absolute Gasteiger partial charge is 0.489 e. The summed E-state index contributed by atoms with van der Waals surface area (Å²) < 4.78 is 5.43. The molecule has 1 rings (SSSR count). The number of rotatable bonds is 4. The Bertz CT molecular complexity index is 300. The van der Waals surface area contributed by atoms with Gasteiger partial charge in [-0.05, 0) is 25.6 Å². The van der Waals surface area contributed by atoms with Crippen molar-refractivity contribution in [2.45, 2.75) is 6.92 Å². The minimum Gasteiger partial charge on any atom is -0.489 e. The van der Waals surface area contributed by atoms with Crippen molar-refractivity contribution in [3.63, 3.8) is 0 Å². The number of ether oxygens (including phenoxy) is 1. The summed E-state index contributed by atoms with van der Waals surface area (Å²) in [7, 11) is 0. The van der Waals surface area contributed by atoms with Crippen LogP contribution in [0.5, 0.6) is 5.75 Å². The van der Waals surface area contributed by atoms with Crippen LogP contribution in [-0.4, -0.2) is 6.61 Å². The van der Waals surface area contributed by atoms with E-state index in [-0.39, 0.29) is 0 Å². The predicted octanol–water partition coefficient (Wildman–Crippen LogP) is 2.96. The molecule has 0 heterocycles. The van der Waals surface area contributed by atoms with Crippen molar-refractivity contribution < 1.29 is 4.74 Å². The second kappa shape index (κ2) is 5.20. The Morgan fingerprint density at radius 3 is 2.85 bits per heavy atom. The maximum absolute atomic E-state index is 7.14. The zero-order chi connectivity index (χ0) is 9.52. The minimum absolute atomic E-state index is 0.557. The maximum atomic E-state index is 7.14. The van der Waals surface area contributed by atoms with Crippen LogP contribution < -0.4 is 4.74 Å². The fourth-order valence-electron chi connectivity index (χ4n) is 0.965. The van der Waals surface area contributed by atoms with E-state index in [9.17, 15) is 0 Å². The van der Waals surface area contributed by atoms with Crippen LogP contribution in [0.15, 0.2) is 36.4 Å². The van der Waals surface area contributed by atoms with Crippen LogP contribution in [-0.2, 0) is 0 Å². The van der Waals surface area contributed by atoms with Gasteiger partial charge < -0.3 is 4.74 Å². The SMILES string of the molecule is [C]=Cc1ccccc1OC/C=C/C. The van der Waals surface area contributed by atoms with Crippen molar-refractivity contribution in [2.75, 3.05) is 6.61 Å². The molecule has 0 saturated heterocycles. The highest BCUT2D eigenvalue weighted by atomic mass is 16.5. The molecule has 1 aromatic carbocycles. The summed E-state index contributed by atoms with van der Waals surface area (Å²) in [5.74, 6) is 0.760. The molecule has 0 fully saturated rings. The lowest BCUT2D eigenvalue weighted by atomic mass is 10.2. The molecule has 0 aliphatic rings. The third kappa shape index (κ3) is 2.79. The van der Waals surface area contributed by atoms with Gasteiger partial charge in [0.15, 0.2) is 0 Å². The van der Waals surface area contributed by atoms with E-state index >= 15 is 0 Å². The lowest BCUT2D eigenvalue weighted by molar-refractivity contribution is 0.362. The monoisotopic (exact) mass is 172 g/mol. The first kappa shape index (κ1) is 9.59. The number of para-hydroxylation sites is 1. The Morgan fingerprint density at radius 2 is 2.15 bits per heavy atom. The van der Waals surface area contributed by atoms with Crippen molar-refractivity contribution in [3.05, 3.63) is 48.6 Å². The Kier molecular flexibility index (Phi) is 3.83. The van der Waals surface area contributed by atoms with Gasteiger partial charge in [-0.1, -0.05) is 30.4 Å². The second-order valence-electron chi connectivity index (χ2n) is 2.56. The van der Waals surface area contributed by atoms with Gasteiger partial charge in [0.25, 0.3) is 0 Å². The first-order valence-corrected chi connectivity index (χ1v) is 4.22. The van der Waals surface area contributed by atoms with Crippen LogP contribution >= 0.6 is 0 Å². The number of hydrogen-bond acceptors (Lipinski definition) is 1. The van der Waals surface area contributed by atoms with Gasteiger partial charge >= 0.3 is 0 Å². The van der Waals surface area contributed by atoms with E-state index in [2.05, 4.69) is 0 Å². The predicted molar refractivity (Wildman–Crippen MR) is 54.5 cm³/mol. The fourth-order valence-corrected chi connectivity index (χ4v) is 0.965. The molecule has 0 aliphatic heterocycles. The van der Waals surface area contributed by atoms with E-state index < -0.39 is 0 Å². The molecular weight excluding hydrogens is 160 g/mol. The average Bonchev–Trinajstić information content (AvgIpc) is 2.19. The molecule has 66 valence electrons. The van der Waals surface area contributed by atoms with Crippen LogP contribution in [0.3, 0.4) is 0 Å². The topological polar surface area (TPSA) is 9.23 Å². The Balaban J connectivity index is 2.69. The molecule has 0 aliphatic carbocycles. The molecular formula is C12H12O. The Labute approximate surface area is 79.4 Å². The first-order chi connectivity index (χ1) is 6.38. The average molecular weight is 172 g/mol. The van der Waals surface area contributed by atoms with Crippen LogP contribution in [0.1, 0.15) is 12.5 Å². The summed E-state index contributed by atoms with van der Waals surface area (Å²) in [6.07, 6.45) is 5.17. The molecule has 0 unspecified atom stereocenters. The molecule has 13 heavy (non-hydrogen) atoms. The number of benzene rings is 1. The summed E-state index contributed by atoms with van der Waals surface area (Å²) in [6.45, 7) is 9.65. The van der Waals surface area contributed by atoms with Crippen LogP contribution in [0.2, 0.25) is 0 Å². The summed E-state index contributed by atoms with van der Waals surface area (Å²) in [5, 5.41) is 0. The summed E-state index contributed by atoms with van der Waals surface area (Å²) >= 11 is 0. The van der Waals surface area contributed by atoms with E-state index in [0.29, 0.717) is 6.61 Å². The number of allylic oxidation sites excluding steroid dienone is 1. The molecule has 0 amide bonds. The van der Waals surface area contributed by atoms with Crippen molar-refractivity contribution in [3.8, 4) is 5.75 Å². The molecule has 0 saturated carbocycles. The highest BCUT2D eigenvalue weighted by Crippen LogP contribution is 2.18. The van der Waals surface area contributed by atoms with Crippen LogP contribution in [0, 0.1) is 6.58 Å². The smallest absolute Gasteiger partial charge is 0.127 e. The van der Waals surface area contributed by atoms with E-state index in [1.807, 2.05) is 43.3 Å². The highest BCUT2D eigenvalue weighted by Gasteiger charge is 1.96. The zero-order valence-electron chi connectivity index (χ0n) is 7.66. The van der Waals surface area contributed by atoms with Crippen molar-refractivity contribution in [2.24, 2.45) is 0 Å². The van der Waals surface area contributed by atoms with E-state index in [4.69, 9.17) is 11.3 Å². The van der Waals surface area contributed by atoms with Gasteiger partial charge in [0, 0.05) is 5.56 Å².